The van der Waals surface area contributed by atoms with Crippen LogP contribution in [0.5, 0.6) is 5.75 Å². The van der Waals surface area contributed by atoms with Crippen molar-refractivity contribution in [1.82, 2.24) is 0 Å². The van der Waals surface area contributed by atoms with Gasteiger partial charge in [-0.05, 0) is 47.2 Å². The zero-order valence-corrected chi connectivity index (χ0v) is 16.2. The molecular formula is C27H21NO. The molecule has 5 rings (SSSR count). The lowest BCUT2D eigenvalue weighted by Crippen LogP contribution is -2.11. The molecule has 0 spiro atoms. The van der Waals surface area contributed by atoms with E-state index in [0.29, 0.717) is 0 Å². The first kappa shape index (κ1) is 17.3. The molecule has 0 unspecified atom stereocenters. The third-order valence-electron chi connectivity index (χ3n) is 5.35. The molecule has 0 bridgehead atoms. The van der Waals surface area contributed by atoms with Crippen LogP contribution in [0.3, 0.4) is 0 Å². The Hall–Kier alpha value is -3.78. The highest BCUT2D eigenvalue weighted by molar-refractivity contribution is 6.04. The summed E-state index contributed by atoms with van der Waals surface area (Å²) in [7, 11) is 1.70. The number of hydrogen-bond donors (Lipinski definition) is 0. The zero-order chi connectivity index (χ0) is 19.6. The molecule has 29 heavy (non-hydrogen) atoms. The topological polar surface area (TPSA) is 12.5 Å². The van der Waals surface area contributed by atoms with Crippen LogP contribution in [-0.4, -0.2) is 7.11 Å². The Morgan fingerprint density at radius 1 is 0.517 bits per heavy atom. The fraction of sp³-hybridized carbons (Fsp3) is 0.0370. The van der Waals surface area contributed by atoms with Crippen LogP contribution in [0.15, 0.2) is 109 Å². The molecule has 2 heteroatoms. The van der Waals surface area contributed by atoms with E-state index in [4.69, 9.17) is 4.74 Å². The first-order chi connectivity index (χ1) is 14.3. The largest absolute Gasteiger partial charge is 0.497 e. The predicted octanol–water partition coefficient (Wildman–Crippen LogP) is 7.47. The van der Waals surface area contributed by atoms with Crippen LogP contribution in [-0.2, 0) is 0 Å². The molecule has 5 aromatic rings. The fourth-order valence-corrected chi connectivity index (χ4v) is 3.95. The van der Waals surface area contributed by atoms with E-state index in [1.54, 1.807) is 7.11 Å². The Morgan fingerprint density at radius 3 is 1.52 bits per heavy atom. The maximum Gasteiger partial charge on any atom is 0.119 e. The predicted molar refractivity (Wildman–Crippen MR) is 123 cm³/mol. The van der Waals surface area contributed by atoms with Crippen molar-refractivity contribution in [2.45, 2.75) is 0 Å². The molecule has 0 aliphatic carbocycles. The van der Waals surface area contributed by atoms with Crippen LogP contribution < -0.4 is 9.64 Å². The SMILES string of the molecule is COc1ccc(N(c2cccc3ccccc23)c2cccc3ccccc23)cc1. The lowest BCUT2D eigenvalue weighted by Gasteiger charge is -2.28. The Labute approximate surface area is 170 Å². The second kappa shape index (κ2) is 7.33. The van der Waals surface area contributed by atoms with Crippen LogP contribution in [0.1, 0.15) is 0 Å². The van der Waals surface area contributed by atoms with E-state index in [0.717, 1.165) is 22.8 Å². The van der Waals surface area contributed by atoms with Gasteiger partial charge in [-0.25, -0.2) is 0 Å². The van der Waals surface area contributed by atoms with Crippen LogP contribution in [0, 0.1) is 0 Å². The van der Waals surface area contributed by atoms with E-state index in [-0.39, 0.29) is 0 Å². The summed E-state index contributed by atoms with van der Waals surface area (Å²) in [5, 5.41) is 4.89. The summed E-state index contributed by atoms with van der Waals surface area (Å²) in [6.45, 7) is 0. The maximum absolute atomic E-state index is 5.38. The molecule has 0 saturated carbocycles. The second-order valence-corrected chi connectivity index (χ2v) is 7.03. The van der Waals surface area contributed by atoms with Gasteiger partial charge in [0.1, 0.15) is 5.75 Å². The smallest absolute Gasteiger partial charge is 0.119 e. The summed E-state index contributed by atoms with van der Waals surface area (Å²) >= 11 is 0. The standard InChI is InChI=1S/C27H21NO/c1-29-23-18-16-22(17-19-23)28(26-14-6-10-20-8-2-4-12-24(20)26)27-15-7-11-21-9-3-5-13-25(21)27/h2-19H,1H3. The molecule has 0 atom stereocenters. The zero-order valence-electron chi connectivity index (χ0n) is 16.2. The summed E-state index contributed by atoms with van der Waals surface area (Å²) in [5.41, 5.74) is 3.41. The minimum atomic E-state index is 0.851. The van der Waals surface area contributed by atoms with Gasteiger partial charge in [-0.15, -0.1) is 0 Å². The third kappa shape index (κ3) is 3.09. The van der Waals surface area contributed by atoms with Gasteiger partial charge >= 0.3 is 0 Å². The van der Waals surface area contributed by atoms with Crippen molar-refractivity contribution in [3.63, 3.8) is 0 Å². The number of anilines is 3. The van der Waals surface area contributed by atoms with Crippen LogP contribution in [0.2, 0.25) is 0 Å². The number of hydrogen-bond acceptors (Lipinski definition) is 2. The van der Waals surface area contributed by atoms with Crippen molar-refractivity contribution in [3.05, 3.63) is 109 Å². The third-order valence-corrected chi connectivity index (χ3v) is 5.35. The van der Waals surface area contributed by atoms with Gasteiger partial charge in [-0.3, -0.25) is 0 Å². The van der Waals surface area contributed by atoms with Crippen molar-refractivity contribution in [2.24, 2.45) is 0 Å². The van der Waals surface area contributed by atoms with E-state index >= 15 is 0 Å². The second-order valence-electron chi connectivity index (χ2n) is 7.03. The minimum absolute atomic E-state index is 0.851. The highest BCUT2D eigenvalue weighted by atomic mass is 16.5. The van der Waals surface area contributed by atoms with Gasteiger partial charge in [0.15, 0.2) is 0 Å². The summed E-state index contributed by atoms with van der Waals surface area (Å²) < 4.78 is 5.38. The van der Waals surface area contributed by atoms with Crippen molar-refractivity contribution in [2.75, 3.05) is 12.0 Å². The molecule has 0 amide bonds. The number of benzene rings is 5. The number of nitrogens with zero attached hydrogens (tertiary/aromatic N) is 1. The van der Waals surface area contributed by atoms with E-state index < -0.39 is 0 Å². The summed E-state index contributed by atoms with van der Waals surface area (Å²) in [5.74, 6) is 0.851. The number of ether oxygens (including phenoxy) is 1. The van der Waals surface area contributed by atoms with Gasteiger partial charge in [-0.2, -0.15) is 0 Å². The normalized spacial score (nSPS) is 10.9. The molecule has 0 saturated heterocycles. The van der Waals surface area contributed by atoms with Gasteiger partial charge < -0.3 is 9.64 Å². The molecule has 0 aliphatic heterocycles. The molecule has 2 nitrogen and oxygen atoms in total. The highest BCUT2D eigenvalue weighted by Gasteiger charge is 2.17. The summed E-state index contributed by atoms with van der Waals surface area (Å²) in [6, 6.07) is 38.3. The van der Waals surface area contributed by atoms with E-state index in [1.165, 1.54) is 21.5 Å². The van der Waals surface area contributed by atoms with Gasteiger partial charge in [0, 0.05) is 16.5 Å². The monoisotopic (exact) mass is 375 g/mol. The molecule has 0 radical (unpaired) electrons. The highest BCUT2D eigenvalue weighted by Crippen LogP contribution is 2.42. The van der Waals surface area contributed by atoms with Crippen LogP contribution in [0.4, 0.5) is 17.1 Å². The van der Waals surface area contributed by atoms with Gasteiger partial charge in [0.25, 0.3) is 0 Å². The van der Waals surface area contributed by atoms with Crippen LogP contribution in [0.25, 0.3) is 21.5 Å². The van der Waals surface area contributed by atoms with Gasteiger partial charge in [0.05, 0.1) is 18.5 Å². The first-order valence-corrected chi connectivity index (χ1v) is 9.75. The molecule has 0 N–H and O–H groups in total. The Bertz CT molecular complexity index is 1200. The Kier molecular flexibility index (Phi) is 4.38. The van der Waals surface area contributed by atoms with Crippen molar-refractivity contribution in [1.29, 1.82) is 0 Å². The molecule has 0 aliphatic rings. The summed E-state index contributed by atoms with van der Waals surface area (Å²) in [6.07, 6.45) is 0. The molecule has 0 fully saturated rings. The van der Waals surface area contributed by atoms with Gasteiger partial charge in [-0.1, -0.05) is 72.8 Å². The Balaban J connectivity index is 1.81. The number of methoxy groups -OCH3 is 1. The average molecular weight is 375 g/mol. The lowest BCUT2D eigenvalue weighted by molar-refractivity contribution is 0.415. The fourth-order valence-electron chi connectivity index (χ4n) is 3.95. The quantitative estimate of drug-likeness (QED) is 0.323. The number of fused-ring (bicyclic) bond motifs is 2. The van der Waals surface area contributed by atoms with Crippen molar-refractivity contribution >= 4 is 38.6 Å². The molecule has 0 heterocycles. The van der Waals surface area contributed by atoms with Crippen LogP contribution >= 0.6 is 0 Å². The first-order valence-electron chi connectivity index (χ1n) is 9.75. The molecule has 140 valence electrons. The molecule has 5 aromatic carbocycles. The van der Waals surface area contributed by atoms with Gasteiger partial charge in [0.2, 0.25) is 0 Å². The average Bonchev–Trinajstić information content (AvgIpc) is 2.80. The molecular weight excluding hydrogens is 354 g/mol. The van der Waals surface area contributed by atoms with Crippen molar-refractivity contribution < 1.29 is 4.74 Å². The number of rotatable bonds is 4. The van der Waals surface area contributed by atoms with E-state index in [2.05, 4.69) is 102 Å². The Morgan fingerprint density at radius 2 is 1.00 bits per heavy atom. The molecule has 0 aromatic heterocycles. The van der Waals surface area contributed by atoms with E-state index in [9.17, 15) is 0 Å². The lowest BCUT2D eigenvalue weighted by atomic mass is 10.0. The van der Waals surface area contributed by atoms with Crippen molar-refractivity contribution in [3.8, 4) is 5.75 Å². The summed E-state index contributed by atoms with van der Waals surface area (Å²) in [4.78, 5) is 2.34. The van der Waals surface area contributed by atoms with E-state index in [1.807, 2.05) is 12.1 Å². The maximum atomic E-state index is 5.38. The minimum Gasteiger partial charge on any atom is -0.497 e.